The van der Waals surface area contributed by atoms with Crippen LogP contribution in [0.4, 0.5) is 5.69 Å². The Labute approximate surface area is 147 Å². The van der Waals surface area contributed by atoms with E-state index in [2.05, 4.69) is 37.9 Å². The van der Waals surface area contributed by atoms with E-state index in [9.17, 15) is 4.79 Å². The molecule has 134 valence electrons. The van der Waals surface area contributed by atoms with Crippen LogP contribution < -0.4 is 16.0 Å². The molecular weight excluding hydrogens is 318 g/mol. The first-order chi connectivity index (χ1) is 12.1. The van der Waals surface area contributed by atoms with E-state index < -0.39 is 0 Å². The quantitative estimate of drug-likeness (QED) is 0.516. The number of benzene rings is 1. The molecule has 0 aliphatic heterocycles. The van der Waals surface area contributed by atoms with Crippen LogP contribution in [-0.2, 0) is 24.8 Å². The Kier molecular flexibility index (Phi) is 6.94. The number of aryl methyl sites for hydroxylation is 2. The molecule has 25 heavy (non-hydrogen) atoms. The second-order valence-corrected chi connectivity index (χ2v) is 5.45. The largest absolute Gasteiger partial charge is 0.357 e. The molecule has 0 bridgehead atoms. The van der Waals surface area contributed by atoms with E-state index in [-0.39, 0.29) is 12.5 Å². The van der Waals surface area contributed by atoms with Crippen molar-refractivity contribution in [3.05, 3.63) is 42.0 Å². The summed E-state index contributed by atoms with van der Waals surface area (Å²) in [6.07, 6.45) is 2.42. The van der Waals surface area contributed by atoms with Crippen LogP contribution in [0, 0.1) is 0 Å². The second kappa shape index (κ2) is 9.41. The van der Waals surface area contributed by atoms with Gasteiger partial charge in [0.25, 0.3) is 0 Å². The van der Waals surface area contributed by atoms with Crippen molar-refractivity contribution in [1.29, 1.82) is 0 Å². The third-order valence-electron chi connectivity index (χ3n) is 3.56. The zero-order valence-electron chi connectivity index (χ0n) is 14.9. The molecule has 8 heteroatoms. The molecule has 1 aromatic carbocycles. The number of nitrogens with one attached hydrogen (secondary N) is 3. The summed E-state index contributed by atoms with van der Waals surface area (Å²) in [5.41, 5.74) is 1.98. The summed E-state index contributed by atoms with van der Waals surface area (Å²) in [6.45, 7) is 5.26. The molecule has 8 nitrogen and oxygen atoms in total. The number of hydrogen-bond acceptors (Lipinski definition) is 4. The minimum atomic E-state index is -0.127. The van der Waals surface area contributed by atoms with Gasteiger partial charge in [-0.1, -0.05) is 19.1 Å². The maximum Gasteiger partial charge on any atom is 0.243 e. The van der Waals surface area contributed by atoms with E-state index in [4.69, 9.17) is 0 Å². The first-order valence-corrected chi connectivity index (χ1v) is 8.36. The Hall–Kier alpha value is -2.90. The molecular formula is C17H25N7O. The lowest BCUT2D eigenvalue weighted by Gasteiger charge is -2.12. The molecule has 0 fully saturated rings. The van der Waals surface area contributed by atoms with Crippen molar-refractivity contribution in [2.24, 2.45) is 12.0 Å². The number of aromatic nitrogens is 3. The average molecular weight is 343 g/mol. The molecule has 3 N–H and O–H groups in total. The molecule has 0 radical (unpaired) electrons. The minimum absolute atomic E-state index is 0.126. The number of anilines is 1. The number of carbonyl (C=O) groups is 1. The summed E-state index contributed by atoms with van der Waals surface area (Å²) in [5, 5.41) is 13.0. The van der Waals surface area contributed by atoms with Gasteiger partial charge in [-0.05, 0) is 31.0 Å². The van der Waals surface area contributed by atoms with Crippen molar-refractivity contribution in [3.63, 3.8) is 0 Å². The summed E-state index contributed by atoms with van der Waals surface area (Å²) >= 11 is 0. The molecule has 0 unspecified atom stereocenters. The number of rotatable bonds is 7. The van der Waals surface area contributed by atoms with E-state index in [1.807, 2.05) is 38.2 Å². The maximum atomic E-state index is 12.1. The Morgan fingerprint density at radius 3 is 2.80 bits per heavy atom. The predicted molar refractivity (Wildman–Crippen MR) is 98.3 cm³/mol. The van der Waals surface area contributed by atoms with Crippen LogP contribution in [0.5, 0.6) is 0 Å². The van der Waals surface area contributed by atoms with E-state index in [1.165, 1.54) is 11.9 Å². The first kappa shape index (κ1) is 18.4. The number of amides is 1. The van der Waals surface area contributed by atoms with Crippen LogP contribution >= 0.6 is 0 Å². The van der Waals surface area contributed by atoms with Crippen molar-refractivity contribution in [2.75, 3.05) is 18.4 Å². The molecule has 0 aliphatic carbocycles. The van der Waals surface area contributed by atoms with Gasteiger partial charge in [0.15, 0.2) is 5.96 Å². The highest BCUT2D eigenvalue weighted by molar-refractivity contribution is 5.95. The molecule has 2 rings (SSSR count). The van der Waals surface area contributed by atoms with E-state index in [0.717, 1.165) is 17.9 Å². The monoisotopic (exact) mass is 343 g/mol. The van der Waals surface area contributed by atoms with Crippen molar-refractivity contribution in [1.82, 2.24) is 25.4 Å². The Balaban J connectivity index is 1.88. The summed E-state index contributed by atoms with van der Waals surface area (Å²) < 4.78 is 1.67. The fraction of sp³-hybridized carbons (Fsp3) is 0.412. The van der Waals surface area contributed by atoms with Crippen LogP contribution in [0.15, 0.2) is 35.6 Å². The van der Waals surface area contributed by atoms with E-state index in [0.29, 0.717) is 19.0 Å². The van der Waals surface area contributed by atoms with Crippen LogP contribution in [0.3, 0.4) is 0 Å². The minimum Gasteiger partial charge on any atom is -0.357 e. The molecule has 0 saturated heterocycles. The molecule has 0 saturated carbocycles. The van der Waals surface area contributed by atoms with Crippen LogP contribution in [0.1, 0.15) is 25.2 Å². The van der Waals surface area contributed by atoms with Crippen molar-refractivity contribution >= 4 is 17.6 Å². The van der Waals surface area contributed by atoms with Crippen molar-refractivity contribution < 1.29 is 4.79 Å². The van der Waals surface area contributed by atoms with Gasteiger partial charge in [0.2, 0.25) is 5.91 Å². The second-order valence-electron chi connectivity index (χ2n) is 5.45. The lowest BCUT2D eigenvalue weighted by molar-refractivity contribution is -0.115. The SMILES string of the molecule is CCNC(=NCc1ncnn1C)NCC(=O)Nc1cccc(CC)c1. The number of aliphatic imine (C=N–C) groups is 1. The highest BCUT2D eigenvalue weighted by Gasteiger charge is 2.06. The lowest BCUT2D eigenvalue weighted by Crippen LogP contribution is -2.41. The van der Waals surface area contributed by atoms with E-state index in [1.54, 1.807) is 4.68 Å². The fourth-order valence-electron chi connectivity index (χ4n) is 2.19. The summed E-state index contributed by atoms with van der Waals surface area (Å²) in [7, 11) is 1.82. The van der Waals surface area contributed by atoms with Gasteiger partial charge < -0.3 is 16.0 Å². The summed E-state index contributed by atoms with van der Waals surface area (Å²) in [4.78, 5) is 20.7. The topological polar surface area (TPSA) is 96.2 Å². The predicted octanol–water partition coefficient (Wildman–Crippen LogP) is 1.07. The standard InChI is InChI=1S/C17H25N7O/c1-4-13-7-6-8-14(9-13)23-16(25)11-20-17(18-5-2)19-10-15-21-12-22-24(15)3/h6-9,12H,4-5,10-11H2,1-3H3,(H,23,25)(H2,18,19,20). The Morgan fingerprint density at radius 1 is 1.28 bits per heavy atom. The van der Waals surface area contributed by atoms with Crippen LogP contribution in [-0.4, -0.2) is 39.7 Å². The van der Waals surface area contributed by atoms with Gasteiger partial charge in [0, 0.05) is 19.3 Å². The molecule has 0 aliphatic rings. The third-order valence-corrected chi connectivity index (χ3v) is 3.56. The number of guanidine groups is 1. The molecule has 1 amide bonds. The van der Waals surface area contributed by atoms with Crippen LogP contribution in [0.2, 0.25) is 0 Å². The highest BCUT2D eigenvalue weighted by atomic mass is 16.1. The fourth-order valence-corrected chi connectivity index (χ4v) is 2.19. The first-order valence-electron chi connectivity index (χ1n) is 8.36. The maximum absolute atomic E-state index is 12.1. The molecule has 0 atom stereocenters. The van der Waals surface area contributed by atoms with Gasteiger partial charge in [-0.15, -0.1) is 0 Å². The number of carbonyl (C=O) groups excluding carboxylic acids is 1. The number of nitrogens with zero attached hydrogens (tertiary/aromatic N) is 4. The van der Waals surface area contributed by atoms with Gasteiger partial charge in [0.1, 0.15) is 18.7 Å². The van der Waals surface area contributed by atoms with Gasteiger partial charge in [-0.25, -0.2) is 9.98 Å². The Morgan fingerprint density at radius 2 is 2.12 bits per heavy atom. The van der Waals surface area contributed by atoms with Crippen molar-refractivity contribution in [3.8, 4) is 0 Å². The third kappa shape index (κ3) is 5.91. The summed E-state index contributed by atoms with van der Waals surface area (Å²) in [6, 6.07) is 7.83. The highest BCUT2D eigenvalue weighted by Crippen LogP contribution is 2.10. The molecule has 1 heterocycles. The van der Waals surface area contributed by atoms with Gasteiger partial charge in [-0.2, -0.15) is 5.10 Å². The van der Waals surface area contributed by atoms with Crippen molar-refractivity contribution in [2.45, 2.75) is 26.8 Å². The van der Waals surface area contributed by atoms with Crippen LogP contribution in [0.25, 0.3) is 0 Å². The molecule has 0 spiro atoms. The van der Waals surface area contributed by atoms with Gasteiger partial charge >= 0.3 is 0 Å². The zero-order chi connectivity index (χ0) is 18.1. The number of hydrogen-bond donors (Lipinski definition) is 3. The summed E-state index contributed by atoms with van der Waals surface area (Å²) in [5.74, 6) is 1.18. The molecule has 1 aromatic heterocycles. The van der Waals surface area contributed by atoms with Gasteiger partial charge in [-0.3, -0.25) is 9.48 Å². The lowest BCUT2D eigenvalue weighted by atomic mass is 10.1. The Bertz CT molecular complexity index is 723. The van der Waals surface area contributed by atoms with Gasteiger partial charge in [0.05, 0.1) is 6.54 Å². The smallest absolute Gasteiger partial charge is 0.243 e. The average Bonchev–Trinajstić information content (AvgIpc) is 3.02. The molecule has 2 aromatic rings. The normalized spacial score (nSPS) is 11.2. The zero-order valence-corrected chi connectivity index (χ0v) is 14.9. The van der Waals surface area contributed by atoms with E-state index >= 15 is 0 Å².